The molecule has 0 aliphatic heterocycles. The summed E-state index contributed by atoms with van der Waals surface area (Å²) in [5, 5.41) is 0.651. The molecule has 90 valence electrons. The second kappa shape index (κ2) is 5.01. The van der Waals surface area contributed by atoms with E-state index >= 15 is 0 Å². The number of isocyanates is 1. The lowest BCUT2D eigenvalue weighted by atomic mass is 9.71. The number of rotatable bonds is 4. The largest absolute Gasteiger partial charge is 0.380 e. The van der Waals surface area contributed by atoms with Gasteiger partial charge in [-0.25, -0.2) is 4.79 Å². The number of ether oxygens (including phenoxy) is 1. The second-order valence-electron chi connectivity index (χ2n) is 4.30. The van der Waals surface area contributed by atoms with Crippen LogP contribution in [0.25, 0.3) is 0 Å². The van der Waals surface area contributed by atoms with Crippen LogP contribution in [0.5, 0.6) is 0 Å². The smallest absolute Gasteiger partial charge is 0.235 e. The molecule has 1 aliphatic rings. The van der Waals surface area contributed by atoms with E-state index in [9.17, 15) is 4.79 Å². The SMILES string of the molecule is COCc1cccc(Cl)c1C1(N=C=O)CCC1. The Morgan fingerprint density at radius 2 is 2.29 bits per heavy atom. The van der Waals surface area contributed by atoms with Crippen LogP contribution < -0.4 is 0 Å². The lowest BCUT2D eigenvalue weighted by Gasteiger charge is -2.39. The van der Waals surface area contributed by atoms with Gasteiger partial charge in [-0.3, -0.25) is 0 Å². The van der Waals surface area contributed by atoms with Crippen molar-refractivity contribution in [3.05, 3.63) is 34.3 Å². The van der Waals surface area contributed by atoms with E-state index in [2.05, 4.69) is 4.99 Å². The van der Waals surface area contributed by atoms with Crippen LogP contribution in [-0.4, -0.2) is 13.2 Å². The Bertz CT molecular complexity index is 462. The monoisotopic (exact) mass is 251 g/mol. The number of hydrogen-bond acceptors (Lipinski definition) is 3. The molecule has 1 fully saturated rings. The molecule has 0 aromatic heterocycles. The summed E-state index contributed by atoms with van der Waals surface area (Å²) >= 11 is 6.25. The number of hydrogen-bond donors (Lipinski definition) is 0. The van der Waals surface area contributed by atoms with Crippen LogP contribution in [0, 0.1) is 0 Å². The van der Waals surface area contributed by atoms with Crippen molar-refractivity contribution in [1.29, 1.82) is 0 Å². The van der Waals surface area contributed by atoms with Crippen LogP contribution in [0.3, 0.4) is 0 Å². The summed E-state index contributed by atoms with van der Waals surface area (Å²) in [5.74, 6) is 0. The highest BCUT2D eigenvalue weighted by Gasteiger charge is 2.41. The van der Waals surface area contributed by atoms with Gasteiger partial charge in [-0.05, 0) is 30.9 Å². The van der Waals surface area contributed by atoms with Crippen molar-refractivity contribution in [3.8, 4) is 0 Å². The number of carbonyl (C=O) groups excluding carboxylic acids is 1. The van der Waals surface area contributed by atoms with Gasteiger partial charge >= 0.3 is 0 Å². The third-order valence-electron chi connectivity index (χ3n) is 3.31. The molecular weight excluding hydrogens is 238 g/mol. The van der Waals surface area contributed by atoms with E-state index in [0.717, 1.165) is 30.4 Å². The van der Waals surface area contributed by atoms with Gasteiger partial charge in [-0.2, -0.15) is 4.99 Å². The van der Waals surface area contributed by atoms with Gasteiger partial charge in [0.1, 0.15) is 0 Å². The summed E-state index contributed by atoms with van der Waals surface area (Å²) in [7, 11) is 1.64. The van der Waals surface area contributed by atoms with Crippen molar-refractivity contribution in [2.24, 2.45) is 4.99 Å². The van der Waals surface area contributed by atoms with E-state index in [1.54, 1.807) is 13.2 Å². The minimum absolute atomic E-state index is 0.464. The molecule has 1 aliphatic carbocycles. The van der Waals surface area contributed by atoms with Gasteiger partial charge < -0.3 is 4.74 Å². The minimum Gasteiger partial charge on any atom is -0.380 e. The van der Waals surface area contributed by atoms with Crippen LogP contribution in [0.1, 0.15) is 30.4 Å². The molecule has 0 N–H and O–H groups in total. The Balaban J connectivity index is 2.52. The van der Waals surface area contributed by atoms with Crippen molar-refractivity contribution in [2.75, 3.05) is 7.11 Å². The van der Waals surface area contributed by atoms with Gasteiger partial charge in [0, 0.05) is 17.7 Å². The number of benzene rings is 1. The highest BCUT2D eigenvalue weighted by molar-refractivity contribution is 6.31. The third-order valence-corrected chi connectivity index (χ3v) is 3.62. The van der Waals surface area contributed by atoms with E-state index < -0.39 is 5.54 Å². The Morgan fingerprint density at radius 3 is 2.82 bits per heavy atom. The predicted octanol–water partition coefficient (Wildman–Crippen LogP) is 3.20. The maximum absolute atomic E-state index is 10.6. The standard InChI is InChI=1S/C13H14ClNO2/c1-17-8-10-4-2-5-11(14)12(10)13(15-9-16)6-3-7-13/h2,4-5H,3,6-8H2,1H3. The van der Waals surface area contributed by atoms with Crippen LogP contribution in [-0.2, 0) is 21.7 Å². The summed E-state index contributed by atoms with van der Waals surface area (Å²) in [5.41, 5.74) is 1.46. The molecule has 17 heavy (non-hydrogen) atoms. The second-order valence-corrected chi connectivity index (χ2v) is 4.70. The van der Waals surface area contributed by atoms with Crippen molar-refractivity contribution < 1.29 is 9.53 Å². The summed E-state index contributed by atoms with van der Waals surface area (Å²) < 4.78 is 5.17. The molecule has 0 atom stereocenters. The summed E-state index contributed by atoms with van der Waals surface area (Å²) in [4.78, 5) is 14.6. The maximum atomic E-state index is 10.6. The predicted molar refractivity (Wildman–Crippen MR) is 65.8 cm³/mol. The van der Waals surface area contributed by atoms with Crippen LogP contribution in [0.2, 0.25) is 5.02 Å². The van der Waals surface area contributed by atoms with Crippen molar-refractivity contribution in [1.82, 2.24) is 0 Å². The molecule has 1 saturated carbocycles. The van der Waals surface area contributed by atoms with E-state index in [-0.39, 0.29) is 0 Å². The summed E-state index contributed by atoms with van der Waals surface area (Å²) in [6, 6.07) is 5.68. The van der Waals surface area contributed by atoms with Gasteiger partial charge in [0.05, 0.1) is 12.1 Å². The van der Waals surface area contributed by atoms with E-state index in [0.29, 0.717) is 11.6 Å². The first-order valence-electron chi connectivity index (χ1n) is 5.59. The summed E-state index contributed by atoms with van der Waals surface area (Å²) in [6.07, 6.45) is 4.44. The first-order chi connectivity index (χ1) is 8.23. The molecule has 0 unspecified atom stereocenters. The molecule has 3 nitrogen and oxygen atoms in total. The topological polar surface area (TPSA) is 38.7 Å². The first-order valence-corrected chi connectivity index (χ1v) is 5.97. The quantitative estimate of drug-likeness (QED) is 0.609. The van der Waals surface area contributed by atoms with Gasteiger partial charge in [0.15, 0.2) is 0 Å². The van der Waals surface area contributed by atoms with Crippen molar-refractivity contribution in [2.45, 2.75) is 31.4 Å². The zero-order chi connectivity index (χ0) is 12.3. The third kappa shape index (κ3) is 2.14. The molecule has 1 aromatic carbocycles. The normalized spacial score (nSPS) is 17.1. The Hall–Kier alpha value is -1.15. The number of methoxy groups -OCH3 is 1. The molecule has 2 rings (SSSR count). The zero-order valence-corrected chi connectivity index (χ0v) is 10.5. The lowest BCUT2D eigenvalue weighted by molar-refractivity contribution is 0.178. The Labute approximate surface area is 105 Å². The molecule has 0 radical (unpaired) electrons. The Morgan fingerprint density at radius 1 is 1.53 bits per heavy atom. The van der Waals surface area contributed by atoms with Crippen LogP contribution in [0.15, 0.2) is 23.2 Å². The van der Waals surface area contributed by atoms with Gasteiger partial charge in [-0.1, -0.05) is 23.7 Å². The van der Waals surface area contributed by atoms with Crippen LogP contribution >= 0.6 is 11.6 Å². The molecule has 1 aromatic rings. The molecule has 0 bridgehead atoms. The van der Waals surface area contributed by atoms with Crippen molar-refractivity contribution >= 4 is 17.7 Å². The lowest BCUT2D eigenvalue weighted by Crippen LogP contribution is -2.33. The molecule has 0 saturated heterocycles. The summed E-state index contributed by atoms with van der Waals surface area (Å²) in [6.45, 7) is 0.478. The van der Waals surface area contributed by atoms with Gasteiger partial charge in [0.25, 0.3) is 0 Å². The highest BCUT2D eigenvalue weighted by Crippen LogP contribution is 2.48. The van der Waals surface area contributed by atoms with Gasteiger partial charge in [0.2, 0.25) is 6.08 Å². The van der Waals surface area contributed by atoms with Gasteiger partial charge in [-0.15, -0.1) is 0 Å². The fraction of sp³-hybridized carbons (Fsp3) is 0.462. The first kappa shape index (κ1) is 12.3. The fourth-order valence-electron chi connectivity index (χ4n) is 2.38. The minimum atomic E-state index is -0.464. The van der Waals surface area contributed by atoms with E-state index in [1.807, 2.05) is 18.2 Å². The maximum Gasteiger partial charge on any atom is 0.235 e. The van der Waals surface area contributed by atoms with E-state index in [4.69, 9.17) is 16.3 Å². The number of halogens is 1. The fourth-order valence-corrected chi connectivity index (χ4v) is 2.75. The molecular formula is C13H14ClNO2. The highest BCUT2D eigenvalue weighted by atomic mass is 35.5. The number of nitrogens with zero attached hydrogens (tertiary/aromatic N) is 1. The van der Waals surface area contributed by atoms with Crippen LogP contribution in [0.4, 0.5) is 0 Å². The molecule has 4 heteroatoms. The average Bonchev–Trinajstić information content (AvgIpc) is 2.25. The molecule has 0 spiro atoms. The Kier molecular flexibility index (Phi) is 3.63. The molecule has 0 amide bonds. The number of aliphatic imine (C=N–C) groups is 1. The van der Waals surface area contributed by atoms with Crippen molar-refractivity contribution in [3.63, 3.8) is 0 Å². The molecule has 0 heterocycles. The average molecular weight is 252 g/mol. The van der Waals surface area contributed by atoms with E-state index in [1.165, 1.54) is 0 Å². The zero-order valence-electron chi connectivity index (χ0n) is 9.70.